The maximum Gasteiger partial charge on any atom is 0.165 e. The first kappa shape index (κ1) is 19.9. The highest BCUT2D eigenvalue weighted by Crippen LogP contribution is 2.27. The van der Waals surface area contributed by atoms with Crippen LogP contribution in [0.15, 0.2) is 67.5 Å². The van der Waals surface area contributed by atoms with Gasteiger partial charge in [-0.2, -0.15) is 5.10 Å². The minimum Gasteiger partial charge on any atom is -0.395 e. The Bertz CT molecular complexity index is 1220. The summed E-state index contributed by atoms with van der Waals surface area (Å²) in [7, 11) is 0. The van der Waals surface area contributed by atoms with Crippen molar-refractivity contribution in [2.75, 3.05) is 18.5 Å². The third-order valence-electron chi connectivity index (χ3n) is 4.53. The molecular weight excluding hydrogens is 405 g/mol. The smallest absolute Gasteiger partial charge is 0.165 e. The topological polar surface area (TPSA) is 74.5 Å². The van der Waals surface area contributed by atoms with Gasteiger partial charge in [-0.15, -0.1) is 0 Å². The van der Waals surface area contributed by atoms with Gasteiger partial charge in [-0.3, -0.25) is 0 Å². The van der Waals surface area contributed by atoms with Gasteiger partial charge in [-0.05, 0) is 41.5 Å². The van der Waals surface area contributed by atoms with Crippen molar-refractivity contribution in [2.24, 2.45) is 0 Å². The molecule has 0 atom stereocenters. The van der Waals surface area contributed by atoms with Gasteiger partial charge in [0, 0.05) is 29.7 Å². The lowest BCUT2D eigenvalue weighted by atomic mass is 10.0. The molecular formula is C22H19ClFN5O. The first-order valence-electron chi connectivity index (χ1n) is 9.26. The van der Waals surface area contributed by atoms with Gasteiger partial charge in [0.1, 0.15) is 11.6 Å². The number of nitrogens with one attached hydrogen (secondary N) is 2. The van der Waals surface area contributed by atoms with Crippen LogP contribution >= 0.6 is 11.6 Å². The van der Waals surface area contributed by atoms with E-state index >= 15 is 0 Å². The summed E-state index contributed by atoms with van der Waals surface area (Å²) in [4.78, 5) is 4.66. The molecule has 2 aromatic carbocycles. The van der Waals surface area contributed by atoms with E-state index < -0.39 is 5.82 Å². The van der Waals surface area contributed by atoms with Crippen LogP contribution in [0.2, 0.25) is 5.02 Å². The molecule has 2 heterocycles. The van der Waals surface area contributed by atoms with Gasteiger partial charge in [0.05, 0.1) is 17.8 Å². The normalized spacial score (nSPS) is 10.9. The second kappa shape index (κ2) is 8.52. The monoisotopic (exact) mass is 423 g/mol. The van der Waals surface area contributed by atoms with Crippen LogP contribution in [0.25, 0.3) is 22.5 Å². The van der Waals surface area contributed by atoms with Gasteiger partial charge in [-0.25, -0.2) is 13.9 Å². The fourth-order valence-electron chi connectivity index (χ4n) is 3.05. The van der Waals surface area contributed by atoms with Crippen LogP contribution in [-0.4, -0.2) is 32.9 Å². The third kappa shape index (κ3) is 4.12. The lowest BCUT2D eigenvalue weighted by Crippen LogP contribution is -2.15. The molecule has 8 heteroatoms. The molecule has 0 amide bonds. The van der Waals surface area contributed by atoms with Crippen molar-refractivity contribution in [2.45, 2.75) is 0 Å². The Hall–Kier alpha value is -3.42. The number of hydrogen-bond acceptors (Lipinski definition) is 5. The molecule has 0 bridgehead atoms. The van der Waals surface area contributed by atoms with Crippen LogP contribution in [0.1, 0.15) is 5.56 Å². The number of rotatable bonds is 7. The Kier molecular flexibility index (Phi) is 5.65. The molecule has 4 aromatic rings. The summed E-state index contributed by atoms with van der Waals surface area (Å²) in [5.41, 5.74) is 4.73. The Labute approximate surface area is 177 Å². The number of hydrogen-bond donors (Lipinski definition) is 3. The minimum atomic E-state index is -0.473. The second-order valence-electron chi connectivity index (χ2n) is 6.60. The van der Waals surface area contributed by atoms with Gasteiger partial charge >= 0.3 is 0 Å². The first-order chi connectivity index (χ1) is 14.5. The molecule has 30 heavy (non-hydrogen) atoms. The molecule has 152 valence electrons. The molecule has 0 unspecified atom stereocenters. The van der Waals surface area contributed by atoms with Crippen molar-refractivity contribution < 1.29 is 9.50 Å². The number of fused-ring (bicyclic) bond motifs is 1. The second-order valence-corrected chi connectivity index (χ2v) is 7.01. The summed E-state index contributed by atoms with van der Waals surface area (Å²) in [5.74, 6) is 0.107. The van der Waals surface area contributed by atoms with Crippen LogP contribution in [0.4, 0.5) is 15.9 Å². The lowest BCUT2D eigenvalue weighted by molar-refractivity contribution is 0.299. The fourth-order valence-corrected chi connectivity index (χ4v) is 3.23. The van der Waals surface area contributed by atoms with E-state index in [-0.39, 0.29) is 11.6 Å². The van der Waals surface area contributed by atoms with E-state index in [1.165, 1.54) is 12.1 Å². The van der Waals surface area contributed by atoms with Crippen LogP contribution in [-0.2, 0) is 0 Å². The largest absolute Gasteiger partial charge is 0.395 e. The fraction of sp³-hybridized carbons (Fsp3) is 0.0909. The molecule has 0 aliphatic heterocycles. The molecule has 4 rings (SSSR count). The number of halogens is 2. The SMILES string of the molecule is C=C(NCCO)c1cccc(-c2cnn3ccc(Nc4ccc(F)c(Cl)c4)nc23)c1. The quantitative estimate of drug-likeness (QED) is 0.408. The van der Waals surface area contributed by atoms with Gasteiger partial charge in [0.25, 0.3) is 0 Å². The summed E-state index contributed by atoms with van der Waals surface area (Å²) < 4.78 is 15.1. The van der Waals surface area contributed by atoms with E-state index in [9.17, 15) is 4.39 Å². The molecule has 3 N–H and O–H groups in total. The van der Waals surface area contributed by atoms with E-state index in [2.05, 4.69) is 27.3 Å². The summed E-state index contributed by atoms with van der Waals surface area (Å²) >= 11 is 5.86. The van der Waals surface area contributed by atoms with Crippen molar-refractivity contribution in [3.05, 3.63) is 83.9 Å². The van der Waals surface area contributed by atoms with Gasteiger partial charge in [0.15, 0.2) is 5.65 Å². The van der Waals surface area contributed by atoms with Crippen molar-refractivity contribution in [1.29, 1.82) is 0 Å². The summed E-state index contributed by atoms with van der Waals surface area (Å²) in [6.07, 6.45) is 3.55. The van der Waals surface area contributed by atoms with Crippen molar-refractivity contribution in [1.82, 2.24) is 19.9 Å². The zero-order valence-electron chi connectivity index (χ0n) is 15.9. The number of anilines is 2. The number of aliphatic hydroxyl groups is 1. The Morgan fingerprint density at radius 2 is 2.07 bits per heavy atom. The maximum absolute atomic E-state index is 13.4. The zero-order chi connectivity index (χ0) is 21.1. The average molecular weight is 424 g/mol. The molecule has 6 nitrogen and oxygen atoms in total. The van der Waals surface area contributed by atoms with Crippen LogP contribution in [0.5, 0.6) is 0 Å². The van der Waals surface area contributed by atoms with Crippen molar-refractivity contribution in [3.63, 3.8) is 0 Å². The van der Waals surface area contributed by atoms with Gasteiger partial charge in [-0.1, -0.05) is 36.4 Å². The molecule has 0 saturated heterocycles. The van der Waals surface area contributed by atoms with Crippen LogP contribution in [0, 0.1) is 5.82 Å². The summed E-state index contributed by atoms with van der Waals surface area (Å²) in [6.45, 7) is 4.48. The molecule has 2 aromatic heterocycles. The highest BCUT2D eigenvalue weighted by molar-refractivity contribution is 6.31. The molecule has 0 aliphatic carbocycles. The molecule has 0 spiro atoms. The van der Waals surface area contributed by atoms with Crippen LogP contribution in [0.3, 0.4) is 0 Å². The number of aliphatic hydroxyl groups excluding tert-OH is 1. The Morgan fingerprint density at radius 3 is 2.87 bits per heavy atom. The number of nitrogens with zero attached hydrogens (tertiary/aromatic N) is 3. The molecule has 0 aliphatic rings. The highest BCUT2D eigenvalue weighted by Gasteiger charge is 2.11. The predicted molar refractivity (Wildman–Crippen MR) is 117 cm³/mol. The molecule has 0 fully saturated rings. The average Bonchev–Trinajstić information content (AvgIpc) is 3.18. The summed E-state index contributed by atoms with van der Waals surface area (Å²) in [5, 5.41) is 19.6. The number of aromatic nitrogens is 3. The summed E-state index contributed by atoms with van der Waals surface area (Å²) in [6, 6.07) is 14.0. The van der Waals surface area contributed by atoms with Gasteiger partial charge in [0.2, 0.25) is 0 Å². The molecule has 0 saturated carbocycles. The molecule has 0 radical (unpaired) electrons. The third-order valence-corrected chi connectivity index (χ3v) is 4.82. The van der Waals surface area contributed by atoms with E-state index in [1.807, 2.05) is 24.3 Å². The maximum atomic E-state index is 13.4. The Balaban J connectivity index is 1.66. The van der Waals surface area contributed by atoms with E-state index in [1.54, 1.807) is 29.0 Å². The zero-order valence-corrected chi connectivity index (χ0v) is 16.7. The standard InChI is InChI=1S/C22H19ClFN5O/c1-14(25-8-10-30)15-3-2-4-16(11-15)18-13-26-29-9-7-21(28-22(18)29)27-17-5-6-20(24)19(23)12-17/h2-7,9,11-13,25,30H,1,8,10H2,(H,27,28). The van der Waals surface area contributed by atoms with Crippen LogP contribution < -0.4 is 10.6 Å². The minimum absolute atomic E-state index is 0.0335. The lowest BCUT2D eigenvalue weighted by Gasteiger charge is -2.10. The Morgan fingerprint density at radius 1 is 1.20 bits per heavy atom. The highest BCUT2D eigenvalue weighted by atomic mass is 35.5. The van der Waals surface area contributed by atoms with Gasteiger partial charge < -0.3 is 15.7 Å². The predicted octanol–water partition coefficient (Wildman–Crippen LogP) is 4.49. The first-order valence-corrected chi connectivity index (χ1v) is 9.64. The van der Waals surface area contributed by atoms with E-state index in [4.69, 9.17) is 16.7 Å². The van der Waals surface area contributed by atoms with E-state index in [0.717, 1.165) is 22.4 Å². The van der Waals surface area contributed by atoms with Crippen molar-refractivity contribution >= 4 is 34.5 Å². The van der Waals surface area contributed by atoms with E-state index in [0.29, 0.717) is 23.7 Å². The van der Waals surface area contributed by atoms with Crippen molar-refractivity contribution in [3.8, 4) is 11.1 Å². The number of benzene rings is 2.